The molecule has 6 heteroatoms. The molecule has 0 aliphatic rings. The molecule has 0 unspecified atom stereocenters. The summed E-state index contributed by atoms with van der Waals surface area (Å²) in [6, 6.07) is 9.88. The molecule has 0 saturated carbocycles. The second-order valence-corrected chi connectivity index (χ2v) is 5.14. The molecule has 3 aromatic heterocycles. The molecule has 0 bridgehead atoms. The first kappa shape index (κ1) is 12.7. The summed E-state index contributed by atoms with van der Waals surface area (Å²) in [6.45, 7) is 4.14. The van der Waals surface area contributed by atoms with Crippen LogP contribution in [-0.2, 0) is 0 Å². The molecule has 6 nitrogen and oxygen atoms in total. The van der Waals surface area contributed by atoms with Crippen molar-refractivity contribution in [1.29, 1.82) is 0 Å². The summed E-state index contributed by atoms with van der Waals surface area (Å²) >= 11 is 0. The van der Waals surface area contributed by atoms with E-state index in [0.29, 0.717) is 22.7 Å². The predicted molar refractivity (Wildman–Crippen MR) is 81.6 cm³/mol. The molecule has 0 spiro atoms. The van der Waals surface area contributed by atoms with Gasteiger partial charge in [0.1, 0.15) is 12.0 Å². The van der Waals surface area contributed by atoms with Gasteiger partial charge in [-0.05, 0) is 37.1 Å². The van der Waals surface area contributed by atoms with E-state index in [4.69, 9.17) is 4.42 Å². The lowest BCUT2D eigenvalue weighted by molar-refractivity contribution is 0.602. The summed E-state index contributed by atoms with van der Waals surface area (Å²) in [5.41, 5.74) is 5.31. The highest BCUT2D eigenvalue weighted by Gasteiger charge is 2.14. The lowest BCUT2D eigenvalue weighted by atomic mass is 10.1. The van der Waals surface area contributed by atoms with Crippen LogP contribution in [0.2, 0.25) is 0 Å². The van der Waals surface area contributed by atoms with Gasteiger partial charge in [-0.25, -0.2) is 4.98 Å². The number of fused-ring (bicyclic) bond motifs is 1. The lowest BCUT2D eigenvalue weighted by Crippen LogP contribution is -2.02. The van der Waals surface area contributed by atoms with Gasteiger partial charge < -0.3 is 4.42 Å². The first-order valence-electron chi connectivity index (χ1n) is 6.91. The Labute approximate surface area is 126 Å². The number of aromatic nitrogens is 5. The number of oxazole rings is 1. The van der Waals surface area contributed by atoms with Crippen molar-refractivity contribution in [2.45, 2.75) is 13.8 Å². The molecule has 0 radical (unpaired) electrons. The zero-order valence-corrected chi connectivity index (χ0v) is 12.2. The van der Waals surface area contributed by atoms with Gasteiger partial charge in [-0.2, -0.15) is 4.98 Å². The predicted octanol–water partition coefficient (Wildman–Crippen LogP) is 3.09. The Hall–Kier alpha value is -3.02. The van der Waals surface area contributed by atoms with E-state index in [1.807, 2.05) is 22.8 Å². The van der Waals surface area contributed by atoms with Crippen LogP contribution < -0.4 is 0 Å². The summed E-state index contributed by atoms with van der Waals surface area (Å²) in [5, 5.41) is 8.28. The Kier molecular flexibility index (Phi) is 2.75. The van der Waals surface area contributed by atoms with Gasteiger partial charge in [0.05, 0.1) is 5.69 Å². The van der Waals surface area contributed by atoms with Crippen LogP contribution in [0.25, 0.3) is 28.4 Å². The third-order valence-electron chi connectivity index (χ3n) is 3.65. The zero-order valence-electron chi connectivity index (χ0n) is 12.2. The van der Waals surface area contributed by atoms with E-state index < -0.39 is 0 Å². The quantitative estimate of drug-likeness (QED) is 0.567. The largest absolute Gasteiger partial charge is 0.442 e. The van der Waals surface area contributed by atoms with E-state index in [-0.39, 0.29) is 0 Å². The van der Waals surface area contributed by atoms with Crippen molar-refractivity contribution >= 4 is 11.2 Å². The van der Waals surface area contributed by atoms with E-state index in [2.05, 4.69) is 46.1 Å². The fourth-order valence-electron chi connectivity index (χ4n) is 2.64. The number of aryl methyl sites for hydroxylation is 2. The first-order valence-corrected chi connectivity index (χ1v) is 6.91. The second kappa shape index (κ2) is 4.77. The van der Waals surface area contributed by atoms with E-state index in [0.717, 1.165) is 16.8 Å². The third-order valence-corrected chi connectivity index (χ3v) is 3.65. The molecule has 0 fully saturated rings. The number of hydrogen-bond acceptors (Lipinski definition) is 5. The number of para-hydroxylation sites is 1. The minimum absolute atomic E-state index is 0.563. The van der Waals surface area contributed by atoms with Crippen molar-refractivity contribution in [2.75, 3.05) is 0 Å². The molecule has 0 aliphatic carbocycles. The molecule has 0 atom stereocenters. The van der Waals surface area contributed by atoms with Gasteiger partial charge in [0.25, 0.3) is 0 Å². The van der Waals surface area contributed by atoms with Gasteiger partial charge >= 0.3 is 0 Å². The van der Waals surface area contributed by atoms with E-state index >= 15 is 0 Å². The van der Waals surface area contributed by atoms with E-state index in [1.54, 1.807) is 6.33 Å². The fourth-order valence-corrected chi connectivity index (χ4v) is 2.64. The topological polar surface area (TPSA) is 69.6 Å². The molecule has 4 aromatic rings. The standard InChI is InChI=1S/C16H13N5O/c1-10-4-3-5-11(2)14(10)21-8-18-20-16(21)12-6-7-13-15(19-12)17-9-22-13/h3-9H,1-2H3. The third kappa shape index (κ3) is 1.88. The van der Waals surface area contributed by atoms with Gasteiger partial charge in [-0.3, -0.25) is 4.57 Å². The average Bonchev–Trinajstić information content (AvgIpc) is 3.15. The number of rotatable bonds is 2. The lowest BCUT2D eigenvalue weighted by Gasteiger charge is -2.12. The normalized spacial score (nSPS) is 11.2. The van der Waals surface area contributed by atoms with Gasteiger partial charge in [0.15, 0.2) is 23.4 Å². The molecule has 1 aromatic carbocycles. The smallest absolute Gasteiger partial charge is 0.199 e. The molecule has 0 amide bonds. The minimum atomic E-state index is 0.563. The van der Waals surface area contributed by atoms with Crippen LogP contribution in [0.5, 0.6) is 0 Å². The van der Waals surface area contributed by atoms with Crippen molar-refractivity contribution < 1.29 is 4.42 Å². The highest BCUT2D eigenvalue weighted by Crippen LogP contribution is 2.25. The summed E-state index contributed by atoms with van der Waals surface area (Å²) < 4.78 is 7.18. The highest BCUT2D eigenvalue weighted by molar-refractivity contribution is 5.71. The molecule has 0 aliphatic heterocycles. The van der Waals surface area contributed by atoms with Crippen molar-refractivity contribution in [2.24, 2.45) is 0 Å². The Morgan fingerprint density at radius 3 is 2.68 bits per heavy atom. The van der Waals surface area contributed by atoms with Crippen LogP contribution in [0, 0.1) is 13.8 Å². The molecule has 3 heterocycles. The summed E-state index contributed by atoms with van der Waals surface area (Å²) in [6.07, 6.45) is 3.09. The maximum atomic E-state index is 5.23. The Morgan fingerprint density at radius 1 is 1.05 bits per heavy atom. The van der Waals surface area contributed by atoms with Crippen molar-refractivity contribution in [3.8, 4) is 17.2 Å². The summed E-state index contributed by atoms with van der Waals surface area (Å²) in [4.78, 5) is 8.59. The zero-order chi connectivity index (χ0) is 15.1. The molecular formula is C16H13N5O. The van der Waals surface area contributed by atoms with Crippen LogP contribution in [0.15, 0.2) is 47.5 Å². The Morgan fingerprint density at radius 2 is 1.86 bits per heavy atom. The van der Waals surface area contributed by atoms with Crippen LogP contribution >= 0.6 is 0 Å². The van der Waals surface area contributed by atoms with Crippen LogP contribution in [0.1, 0.15) is 11.1 Å². The van der Waals surface area contributed by atoms with Crippen molar-refractivity contribution in [3.05, 3.63) is 54.2 Å². The Bertz CT molecular complexity index is 949. The number of hydrogen-bond donors (Lipinski definition) is 0. The minimum Gasteiger partial charge on any atom is -0.442 e. The second-order valence-electron chi connectivity index (χ2n) is 5.14. The van der Waals surface area contributed by atoms with Crippen molar-refractivity contribution in [3.63, 3.8) is 0 Å². The number of nitrogens with zero attached hydrogens (tertiary/aromatic N) is 5. The highest BCUT2D eigenvalue weighted by atomic mass is 16.3. The van der Waals surface area contributed by atoms with E-state index in [1.165, 1.54) is 6.39 Å². The summed E-state index contributed by atoms with van der Waals surface area (Å²) in [7, 11) is 0. The molecular weight excluding hydrogens is 278 g/mol. The maximum Gasteiger partial charge on any atom is 0.199 e. The average molecular weight is 291 g/mol. The monoisotopic (exact) mass is 291 g/mol. The van der Waals surface area contributed by atoms with Gasteiger partial charge in [-0.1, -0.05) is 18.2 Å². The fraction of sp³-hybridized carbons (Fsp3) is 0.125. The summed E-state index contributed by atoms with van der Waals surface area (Å²) in [5.74, 6) is 0.683. The van der Waals surface area contributed by atoms with Crippen LogP contribution in [-0.4, -0.2) is 24.7 Å². The van der Waals surface area contributed by atoms with E-state index in [9.17, 15) is 0 Å². The number of pyridine rings is 1. The molecule has 0 saturated heterocycles. The maximum absolute atomic E-state index is 5.23. The van der Waals surface area contributed by atoms with Crippen LogP contribution in [0.4, 0.5) is 0 Å². The molecule has 4 rings (SSSR count). The van der Waals surface area contributed by atoms with Crippen LogP contribution in [0.3, 0.4) is 0 Å². The van der Waals surface area contributed by atoms with Gasteiger partial charge in [0, 0.05) is 0 Å². The number of benzene rings is 1. The first-order chi connectivity index (χ1) is 10.7. The van der Waals surface area contributed by atoms with Crippen molar-refractivity contribution in [1.82, 2.24) is 24.7 Å². The van der Waals surface area contributed by atoms with Gasteiger partial charge in [-0.15, -0.1) is 10.2 Å². The van der Waals surface area contributed by atoms with Gasteiger partial charge in [0.2, 0.25) is 0 Å². The molecule has 108 valence electrons. The Balaban J connectivity index is 1.93. The molecule has 22 heavy (non-hydrogen) atoms. The molecule has 0 N–H and O–H groups in total. The SMILES string of the molecule is Cc1cccc(C)c1-n1cnnc1-c1ccc2ocnc2n1.